The predicted molar refractivity (Wildman–Crippen MR) is 60.8 cm³/mol. The van der Waals surface area contributed by atoms with E-state index in [1.807, 2.05) is 24.3 Å². The molecule has 2 heteroatoms. The normalized spacial score (nSPS) is 22.9. The largest absolute Gasteiger partial charge is 0.311 e. The van der Waals surface area contributed by atoms with Crippen LogP contribution in [0.1, 0.15) is 24.0 Å². The molecule has 2 atom stereocenters. The summed E-state index contributed by atoms with van der Waals surface area (Å²) in [5, 5.41) is 3.21. The average Bonchev–Trinajstić information content (AvgIpc) is 2.74. The van der Waals surface area contributed by atoms with Crippen molar-refractivity contribution in [3.8, 4) is 0 Å². The van der Waals surface area contributed by atoms with Crippen LogP contribution in [0.3, 0.4) is 0 Å². The second-order valence-corrected chi connectivity index (χ2v) is 4.41. The van der Waals surface area contributed by atoms with Gasteiger partial charge in [-0.2, -0.15) is 0 Å². The molecule has 1 heterocycles. The highest BCUT2D eigenvalue weighted by Gasteiger charge is 2.23. The average molecular weight is 207 g/mol. The fraction of sp³-hybridized carbons (Fsp3) is 0.538. The quantitative estimate of drug-likeness (QED) is 0.803. The van der Waals surface area contributed by atoms with Crippen LogP contribution in [0, 0.1) is 6.92 Å². The van der Waals surface area contributed by atoms with Gasteiger partial charge in [0.1, 0.15) is 6.17 Å². The molecule has 1 fully saturated rings. The summed E-state index contributed by atoms with van der Waals surface area (Å²) >= 11 is 0. The Hall–Kier alpha value is -0.890. The summed E-state index contributed by atoms with van der Waals surface area (Å²) in [6.45, 7) is 3.02. The molecule has 1 aromatic rings. The van der Waals surface area contributed by atoms with Crippen molar-refractivity contribution in [3.63, 3.8) is 0 Å². The summed E-state index contributed by atoms with van der Waals surface area (Å²) in [5.41, 5.74) is 2.33. The molecule has 0 aliphatic carbocycles. The second-order valence-electron chi connectivity index (χ2n) is 4.41. The van der Waals surface area contributed by atoms with Crippen LogP contribution in [-0.2, 0) is 6.42 Å². The first-order valence-electron chi connectivity index (χ1n) is 5.69. The van der Waals surface area contributed by atoms with Gasteiger partial charge in [0.05, 0.1) is 0 Å². The van der Waals surface area contributed by atoms with E-state index in [4.69, 9.17) is 0 Å². The first-order valence-corrected chi connectivity index (χ1v) is 5.69. The van der Waals surface area contributed by atoms with E-state index in [9.17, 15) is 4.39 Å². The topological polar surface area (TPSA) is 12.0 Å². The molecule has 2 rings (SSSR count). The monoisotopic (exact) mass is 207 g/mol. The molecule has 1 N–H and O–H groups in total. The van der Waals surface area contributed by atoms with Crippen LogP contribution in [0.5, 0.6) is 0 Å². The van der Waals surface area contributed by atoms with Crippen molar-refractivity contribution in [2.24, 2.45) is 0 Å². The molecule has 15 heavy (non-hydrogen) atoms. The van der Waals surface area contributed by atoms with Gasteiger partial charge in [-0.1, -0.05) is 29.8 Å². The van der Waals surface area contributed by atoms with Gasteiger partial charge in [0, 0.05) is 12.5 Å². The van der Waals surface area contributed by atoms with Crippen LogP contribution < -0.4 is 5.32 Å². The van der Waals surface area contributed by atoms with Crippen LogP contribution in [0.15, 0.2) is 24.3 Å². The third-order valence-corrected chi connectivity index (χ3v) is 3.09. The number of rotatable bonds is 3. The molecule has 1 saturated heterocycles. The molecular weight excluding hydrogens is 189 g/mol. The Labute approximate surface area is 90.7 Å². The Balaban J connectivity index is 1.92. The standard InChI is InChI=1S/C13H18FN/c1-10-4-6-11(7-5-10)9-12(14)13-3-2-8-15-13/h4-7,12-13,15H,2-3,8-9H2,1H3. The highest BCUT2D eigenvalue weighted by atomic mass is 19.1. The highest BCUT2D eigenvalue weighted by Crippen LogP contribution is 2.16. The zero-order valence-electron chi connectivity index (χ0n) is 9.17. The maximum Gasteiger partial charge on any atom is 0.119 e. The molecule has 0 saturated carbocycles. The maximum atomic E-state index is 13.8. The summed E-state index contributed by atoms with van der Waals surface area (Å²) < 4.78 is 13.8. The molecule has 1 aliphatic rings. The minimum Gasteiger partial charge on any atom is -0.311 e. The van der Waals surface area contributed by atoms with E-state index in [2.05, 4.69) is 12.2 Å². The molecule has 1 aliphatic heterocycles. The third kappa shape index (κ3) is 2.78. The van der Waals surface area contributed by atoms with Crippen molar-refractivity contribution in [2.45, 2.75) is 38.4 Å². The van der Waals surface area contributed by atoms with E-state index in [-0.39, 0.29) is 6.04 Å². The lowest BCUT2D eigenvalue weighted by molar-refractivity contribution is 0.263. The lowest BCUT2D eigenvalue weighted by atomic mass is 10.0. The maximum absolute atomic E-state index is 13.8. The van der Waals surface area contributed by atoms with E-state index < -0.39 is 6.17 Å². The minimum absolute atomic E-state index is 0.0753. The van der Waals surface area contributed by atoms with Crippen LogP contribution in [0.4, 0.5) is 4.39 Å². The summed E-state index contributed by atoms with van der Waals surface area (Å²) in [5.74, 6) is 0. The summed E-state index contributed by atoms with van der Waals surface area (Å²) in [6.07, 6.45) is 1.89. The number of aryl methyl sites for hydroxylation is 1. The molecule has 0 amide bonds. The van der Waals surface area contributed by atoms with E-state index in [1.54, 1.807) is 0 Å². The molecule has 2 unspecified atom stereocenters. The molecule has 0 radical (unpaired) electrons. The number of nitrogens with one attached hydrogen (secondary N) is 1. The van der Waals surface area contributed by atoms with Crippen LogP contribution in [0.25, 0.3) is 0 Å². The number of benzene rings is 1. The molecule has 82 valence electrons. The molecular formula is C13H18FN. The van der Waals surface area contributed by atoms with Crippen molar-refractivity contribution in [2.75, 3.05) is 6.54 Å². The van der Waals surface area contributed by atoms with Crippen LogP contribution in [0.2, 0.25) is 0 Å². The number of halogens is 1. The van der Waals surface area contributed by atoms with Crippen molar-refractivity contribution in [1.29, 1.82) is 0 Å². The molecule has 1 aromatic carbocycles. The Morgan fingerprint density at radius 3 is 2.73 bits per heavy atom. The van der Waals surface area contributed by atoms with Gasteiger partial charge in [-0.05, 0) is 31.9 Å². The Morgan fingerprint density at radius 1 is 1.40 bits per heavy atom. The van der Waals surface area contributed by atoms with E-state index in [0.29, 0.717) is 6.42 Å². The molecule has 0 spiro atoms. The van der Waals surface area contributed by atoms with Crippen LogP contribution in [-0.4, -0.2) is 18.8 Å². The van der Waals surface area contributed by atoms with Crippen molar-refractivity contribution >= 4 is 0 Å². The Bertz CT molecular complexity index is 301. The van der Waals surface area contributed by atoms with Crippen LogP contribution >= 0.6 is 0 Å². The zero-order chi connectivity index (χ0) is 10.7. The fourth-order valence-corrected chi connectivity index (χ4v) is 2.11. The van der Waals surface area contributed by atoms with E-state index in [0.717, 1.165) is 24.9 Å². The summed E-state index contributed by atoms with van der Waals surface area (Å²) in [4.78, 5) is 0. The van der Waals surface area contributed by atoms with Gasteiger partial charge in [0.2, 0.25) is 0 Å². The number of alkyl halides is 1. The van der Waals surface area contributed by atoms with Gasteiger partial charge >= 0.3 is 0 Å². The summed E-state index contributed by atoms with van der Waals surface area (Å²) in [6, 6.07) is 8.22. The SMILES string of the molecule is Cc1ccc(CC(F)C2CCCN2)cc1. The highest BCUT2D eigenvalue weighted by molar-refractivity contribution is 5.22. The first-order chi connectivity index (χ1) is 7.25. The predicted octanol–water partition coefficient (Wildman–Crippen LogP) is 2.63. The van der Waals surface area contributed by atoms with Gasteiger partial charge in [-0.25, -0.2) is 4.39 Å². The lowest BCUT2D eigenvalue weighted by Gasteiger charge is -2.15. The molecule has 1 nitrogen and oxygen atoms in total. The van der Waals surface area contributed by atoms with Crippen molar-refractivity contribution in [3.05, 3.63) is 35.4 Å². The van der Waals surface area contributed by atoms with E-state index in [1.165, 1.54) is 5.56 Å². The molecule has 0 aromatic heterocycles. The Kier molecular flexibility index (Phi) is 3.37. The van der Waals surface area contributed by atoms with Gasteiger partial charge in [0.25, 0.3) is 0 Å². The smallest absolute Gasteiger partial charge is 0.119 e. The minimum atomic E-state index is -0.741. The molecule has 0 bridgehead atoms. The Morgan fingerprint density at radius 2 is 2.13 bits per heavy atom. The second kappa shape index (κ2) is 4.75. The van der Waals surface area contributed by atoms with Crippen molar-refractivity contribution < 1.29 is 4.39 Å². The van der Waals surface area contributed by atoms with Gasteiger partial charge in [0.15, 0.2) is 0 Å². The van der Waals surface area contributed by atoms with Crippen molar-refractivity contribution in [1.82, 2.24) is 5.32 Å². The van der Waals surface area contributed by atoms with Gasteiger partial charge in [-0.15, -0.1) is 0 Å². The number of hydrogen-bond donors (Lipinski definition) is 1. The van der Waals surface area contributed by atoms with Gasteiger partial charge < -0.3 is 5.32 Å². The first kappa shape index (κ1) is 10.6. The third-order valence-electron chi connectivity index (χ3n) is 3.09. The van der Waals surface area contributed by atoms with Gasteiger partial charge in [-0.3, -0.25) is 0 Å². The number of hydrogen-bond acceptors (Lipinski definition) is 1. The summed E-state index contributed by atoms with van der Waals surface area (Å²) in [7, 11) is 0. The van der Waals surface area contributed by atoms with E-state index >= 15 is 0 Å². The fourth-order valence-electron chi connectivity index (χ4n) is 2.11. The zero-order valence-corrected chi connectivity index (χ0v) is 9.17. The lowest BCUT2D eigenvalue weighted by Crippen LogP contribution is -2.33.